The Hall–Kier alpha value is -1.25. The number of hydrogen-bond donors (Lipinski definition) is 2. The summed E-state index contributed by atoms with van der Waals surface area (Å²) in [5, 5.41) is 0. The molecule has 2 atom stereocenters. The minimum atomic E-state index is -0.141. The zero-order valence-corrected chi connectivity index (χ0v) is 8.97. The number of imidazole rings is 1. The summed E-state index contributed by atoms with van der Waals surface area (Å²) in [7, 11) is 0. The van der Waals surface area contributed by atoms with Crippen molar-refractivity contribution in [3.63, 3.8) is 0 Å². The molecule has 1 saturated carbocycles. The van der Waals surface area contributed by atoms with E-state index in [1.165, 1.54) is 25.7 Å². The van der Waals surface area contributed by atoms with Gasteiger partial charge >= 0.3 is 5.69 Å². The monoisotopic (exact) mass is 204 g/mol. The van der Waals surface area contributed by atoms with Crippen molar-refractivity contribution in [2.24, 2.45) is 11.8 Å². The van der Waals surface area contributed by atoms with Gasteiger partial charge in [-0.25, -0.2) is 4.79 Å². The van der Waals surface area contributed by atoms with Crippen LogP contribution < -0.4 is 5.69 Å². The van der Waals surface area contributed by atoms with Gasteiger partial charge in [0.05, 0.1) is 0 Å². The Kier molecular flexibility index (Phi) is 1.87. The first kappa shape index (κ1) is 9.01. The zero-order valence-electron chi connectivity index (χ0n) is 8.97. The molecule has 0 bridgehead atoms. The minimum absolute atomic E-state index is 0.141. The Morgan fingerprint density at radius 1 is 1.33 bits per heavy atom. The van der Waals surface area contributed by atoms with Crippen LogP contribution in [0.4, 0.5) is 0 Å². The molecule has 2 N–H and O–H groups in total. The molecule has 1 aromatic rings. The van der Waals surface area contributed by atoms with E-state index < -0.39 is 0 Å². The molecule has 1 fully saturated rings. The number of rotatable bonds is 0. The van der Waals surface area contributed by atoms with Crippen molar-refractivity contribution in [3.8, 4) is 0 Å². The van der Waals surface area contributed by atoms with E-state index in [9.17, 15) is 4.79 Å². The number of aromatic amines is 2. The largest absolute Gasteiger partial charge is 0.323 e. The molecule has 2 unspecified atom stereocenters. The van der Waals surface area contributed by atoms with E-state index in [0.717, 1.165) is 17.5 Å². The third-order valence-electron chi connectivity index (χ3n) is 3.82. The topological polar surface area (TPSA) is 48.6 Å². The number of hydrogen-bond acceptors (Lipinski definition) is 1. The Balaban J connectivity index is 0.0000000979. The van der Waals surface area contributed by atoms with E-state index in [0.29, 0.717) is 0 Å². The molecule has 1 aromatic heterocycles. The van der Waals surface area contributed by atoms with Crippen LogP contribution in [-0.4, -0.2) is 9.97 Å². The van der Waals surface area contributed by atoms with Gasteiger partial charge in [-0.05, 0) is 38.5 Å². The van der Waals surface area contributed by atoms with Crippen molar-refractivity contribution in [1.82, 2.24) is 9.97 Å². The lowest BCUT2D eigenvalue weighted by molar-refractivity contribution is 0.612. The molecule has 15 heavy (non-hydrogen) atoms. The Morgan fingerprint density at radius 2 is 2.20 bits per heavy atom. The fourth-order valence-electron chi connectivity index (χ4n) is 3.11. The predicted molar refractivity (Wildman–Crippen MR) is 58.6 cm³/mol. The number of fused-ring (bicyclic) bond motifs is 1. The van der Waals surface area contributed by atoms with Gasteiger partial charge < -0.3 is 9.97 Å². The Bertz CT molecular complexity index is 466. The van der Waals surface area contributed by atoms with Gasteiger partial charge in [0.1, 0.15) is 0 Å². The summed E-state index contributed by atoms with van der Waals surface area (Å²) >= 11 is 0. The van der Waals surface area contributed by atoms with Crippen LogP contribution in [0.1, 0.15) is 31.4 Å². The average molecular weight is 204 g/mol. The highest BCUT2D eigenvalue weighted by atomic mass is 16.1. The van der Waals surface area contributed by atoms with Crippen LogP contribution >= 0.6 is 0 Å². The number of aromatic nitrogens is 2. The third kappa shape index (κ3) is 1.46. The van der Waals surface area contributed by atoms with Gasteiger partial charge in [0.15, 0.2) is 0 Å². The SMILES string of the molecule is C1CC2CCC3C1=C23.Cc1c[nH]c(=O)[nH]1. The summed E-state index contributed by atoms with van der Waals surface area (Å²) in [6.45, 7) is 1.82. The van der Waals surface area contributed by atoms with E-state index in [1.54, 1.807) is 6.20 Å². The molecular weight excluding hydrogens is 188 g/mol. The lowest BCUT2D eigenvalue weighted by Gasteiger charge is -1.99. The molecule has 0 aromatic carbocycles. The lowest BCUT2D eigenvalue weighted by Crippen LogP contribution is -1.99. The highest BCUT2D eigenvalue weighted by Gasteiger charge is 2.49. The fourth-order valence-corrected chi connectivity index (χ4v) is 3.11. The Labute approximate surface area is 88.6 Å². The molecule has 3 aliphatic rings. The summed E-state index contributed by atoms with van der Waals surface area (Å²) in [6, 6.07) is 0. The smallest absolute Gasteiger partial charge is 0.313 e. The molecule has 3 nitrogen and oxygen atoms in total. The van der Waals surface area contributed by atoms with Gasteiger partial charge in [-0.2, -0.15) is 0 Å². The van der Waals surface area contributed by atoms with Crippen molar-refractivity contribution in [1.29, 1.82) is 0 Å². The van der Waals surface area contributed by atoms with Crippen molar-refractivity contribution < 1.29 is 0 Å². The summed E-state index contributed by atoms with van der Waals surface area (Å²) < 4.78 is 0. The van der Waals surface area contributed by atoms with Gasteiger partial charge in [-0.3, -0.25) is 0 Å². The maximum Gasteiger partial charge on any atom is 0.323 e. The van der Waals surface area contributed by atoms with E-state index in [4.69, 9.17) is 0 Å². The van der Waals surface area contributed by atoms with E-state index in [-0.39, 0.29) is 5.69 Å². The van der Waals surface area contributed by atoms with Gasteiger partial charge in [0.25, 0.3) is 0 Å². The number of aryl methyl sites for hydroxylation is 1. The second-order valence-corrected chi connectivity index (χ2v) is 4.77. The van der Waals surface area contributed by atoms with E-state index in [1.807, 2.05) is 18.1 Å². The van der Waals surface area contributed by atoms with E-state index in [2.05, 4.69) is 9.97 Å². The van der Waals surface area contributed by atoms with Crippen LogP contribution in [-0.2, 0) is 0 Å². The molecule has 3 aliphatic carbocycles. The van der Waals surface area contributed by atoms with Crippen LogP contribution in [0.3, 0.4) is 0 Å². The molecule has 0 amide bonds. The van der Waals surface area contributed by atoms with Crippen molar-refractivity contribution in [2.45, 2.75) is 32.6 Å². The van der Waals surface area contributed by atoms with Gasteiger partial charge in [-0.1, -0.05) is 11.1 Å². The zero-order chi connectivity index (χ0) is 10.4. The number of nitrogens with one attached hydrogen (secondary N) is 2. The quantitative estimate of drug-likeness (QED) is 0.625. The molecule has 3 heteroatoms. The second kappa shape index (κ2) is 3.12. The fraction of sp³-hybridized carbons (Fsp3) is 0.583. The summed E-state index contributed by atoms with van der Waals surface area (Å²) in [5.74, 6) is 2.17. The van der Waals surface area contributed by atoms with Crippen molar-refractivity contribution >= 4 is 0 Å². The third-order valence-corrected chi connectivity index (χ3v) is 3.82. The van der Waals surface area contributed by atoms with Crippen molar-refractivity contribution in [2.75, 3.05) is 0 Å². The summed E-state index contributed by atoms with van der Waals surface area (Å²) in [5.41, 5.74) is 4.51. The van der Waals surface area contributed by atoms with Gasteiger partial charge in [-0.15, -0.1) is 0 Å². The molecule has 4 rings (SSSR count). The first-order valence-electron chi connectivity index (χ1n) is 5.73. The lowest BCUT2D eigenvalue weighted by atomic mass is 10.1. The molecule has 0 radical (unpaired) electrons. The van der Waals surface area contributed by atoms with Crippen LogP contribution in [0.25, 0.3) is 0 Å². The molecule has 80 valence electrons. The van der Waals surface area contributed by atoms with Crippen LogP contribution in [0.2, 0.25) is 0 Å². The molecule has 0 spiro atoms. The first-order chi connectivity index (χ1) is 7.25. The second-order valence-electron chi connectivity index (χ2n) is 4.77. The highest BCUT2D eigenvalue weighted by Crippen LogP contribution is 2.62. The summed E-state index contributed by atoms with van der Waals surface area (Å²) in [4.78, 5) is 15.2. The molecular formula is C12H16N2O. The van der Waals surface area contributed by atoms with Crippen molar-refractivity contribution in [3.05, 3.63) is 33.5 Å². The Morgan fingerprint density at radius 3 is 2.60 bits per heavy atom. The predicted octanol–water partition coefficient (Wildman–Crippen LogP) is 2.13. The van der Waals surface area contributed by atoms with Gasteiger partial charge in [0, 0.05) is 17.8 Å². The number of allylic oxidation sites excluding steroid dienone is 2. The normalized spacial score (nSPS) is 29.9. The maximum atomic E-state index is 10.2. The summed E-state index contributed by atoms with van der Waals surface area (Å²) in [6.07, 6.45) is 7.67. The van der Waals surface area contributed by atoms with Gasteiger partial charge in [0.2, 0.25) is 0 Å². The molecule has 1 heterocycles. The average Bonchev–Trinajstić information content (AvgIpc) is 2.52. The van der Waals surface area contributed by atoms with Crippen LogP contribution in [0, 0.1) is 18.8 Å². The minimum Gasteiger partial charge on any atom is -0.313 e. The first-order valence-corrected chi connectivity index (χ1v) is 5.73. The van der Waals surface area contributed by atoms with Crippen LogP contribution in [0.5, 0.6) is 0 Å². The highest BCUT2D eigenvalue weighted by molar-refractivity contribution is 5.49. The van der Waals surface area contributed by atoms with Crippen LogP contribution in [0.15, 0.2) is 22.1 Å². The van der Waals surface area contributed by atoms with E-state index >= 15 is 0 Å². The number of H-pyrrole nitrogens is 2. The molecule has 0 aliphatic heterocycles. The standard InChI is InChI=1S/C8H10.C4H6N2O/c1-3-6-7-4-2-5(1)8(6)7;1-3-2-5-4(7)6-3/h5-6H,1-4H2;2H,1H3,(H2,5,6,7). The molecule has 0 saturated heterocycles. The maximum absolute atomic E-state index is 10.2.